The first-order valence-corrected chi connectivity index (χ1v) is 11.0. The highest BCUT2D eigenvalue weighted by molar-refractivity contribution is 6.35. The summed E-state index contributed by atoms with van der Waals surface area (Å²) in [5.41, 5.74) is 3.26. The van der Waals surface area contributed by atoms with Crippen molar-refractivity contribution in [1.82, 2.24) is 24.6 Å². The molecule has 6 nitrogen and oxygen atoms in total. The zero-order chi connectivity index (χ0) is 21.1. The maximum atomic E-state index is 14.6. The Morgan fingerprint density at radius 3 is 2.94 bits per heavy atom. The van der Waals surface area contributed by atoms with Crippen LogP contribution in [0.2, 0.25) is 5.02 Å². The molecule has 0 bridgehead atoms. The van der Waals surface area contributed by atoms with Crippen LogP contribution in [0.5, 0.6) is 0 Å². The van der Waals surface area contributed by atoms with E-state index in [9.17, 15) is 4.39 Å². The van der Waals surface area contributed by atoms with Gasteiger partial charge in [0.05, 0.1) is 22.6 Å². The van der Waals surface area contributed by atoms with E-state index < -0.39 is 0 Å². The van der Waals surface area contributed by atoms with Crippen LogP contribution in [0.1, 0.15) is 12.8 Å². The number of fused-ring (bicyclic) bond motifs is 3. The minimum Gasteiger partial charge on any atom is -0.367 e. The standard InChI is InChI=1S/C23H22ClFN6/c1-29-12-15-7-14(8-20(25)22(15)28-29)21-10-19(24)18-9-17(11-26-23(18)27-21)31-6-5-30-4-2-3-16(30)13-31/h7-12,16H,2-6,13H2,1H3. The van der Waals surface area contributed by atoms with Crippen LogP contribution in [-0.4, -0.2) is 56.9 Å². The molecule has 3 aromatic heterocycles. The average molecular weight is 437 g/mol. The summed E-state index contributed by atoms with van der Waals surface area (Å²) in [7, 11) is 1.78. The monoisotopic (exact) mass is 436 g/mol. The second-order valence-corrected chi connectivity index (χ2v) is 8.94. The van der Waals surface area contributed by atoms with E-state index in [1.54, 1.807) is 24.0 Å². The van der Waals surface area contributed by atoms with Crippen molar-refractivity contribution in [3.05, 3.63) is 47.5 Å². The Morgan fingerprint density at radius 1 is 1.13 bits per heavy atom. The summed E-state index contributed by atoms with van der Waals surface area (Å²) < 4.78 is 16.2. The lowest BCUT2D eigenvalue weighted by atomic mass is 10.1. The fourth-order valence-electron chi connectivity index (χ4n) is 4.96. The third-order valence-electron chi connectivity index (χ3n) is 6.52. The first-order valence-electron chi connectivity index (χ1n) is 10.6. The van der Waals surface area contributed by atoms with Gasteiger partial charge in [0.15, 0.2) is 11.5 Å². The molecule has 0 spiro atoms. The zero-order valence-electron chi connectivity index (χ0n) is 17.2. The molecule has 0 aliphatic carbocycles. The van der Waals surface area contributed by atoms with Crippen LogP contribution in [0.25, 0.3) is 33.2 Å². The fraction of sp³-hybridized carbons (Fsp3) is 0.348. The molecule has 1 aromatic carbocycles. The Morgan fingerprint density at radius 2 is 2.03 bits per heavy atom. The van der Waals surface area contributed by atoms with E-state index in [0.29, 0.717) is 33.5 Å². The number of aromatic nitrogens is 4. The molecule has 4 aromatic rings. The number of benzene rings is 1. The normalized spacial score (nSPS) is 19.5. The number of halogens is 2. The van der Waals surface area contributed by atoms with Gasteiger partial charge in [-0.25, -0.2) is 14.4 Å². The molecule has 6 rings (SSSR count). The summed E-state index contributed by atoms with van der Waals surface area (Å²) in [5.74, 6) is -0.375. The van der Waals surface area contributed by atoms with Gasteiger partial charge in [-0.15, -0.1) is 0 Å². The highest BCUT2D eigenvalue weighted by Crippen LogP contribution is 2.33. The fourth-order valence-corrected chi connectivity index (χ4v) is 5.20. The quantitative estimate of drug-likeness (QED) is 0.470. The molecule has 158 valence electrons. The van der Waals surface area contributed by atoms with E-state index in [1.807, 2.05) is 12.3 Å². The van der Waals surface area contributed by atoms with E-state index in [-0.39, 0.29) is 5.82 Å². The van der Waals surface area contributed by atoms with Crippen molar-refractivity contribution in [3.8, 4) is 11.3 Å². The number of hydrogen-bond donors (Lipinski definition) is 0. The van der Waals surface area contributed by atoms with Gasteiger partial charge >= 0.3 is 0 Å². The van der Waals surface area contributed by atoms with Gasteiger partial charge in [0.1, 0.15) is 5.52 Å². The second kappa shape index (κ2) is 7.14. The number of nitrogens with zero attached hydrogens (tertiary/aromatic N) is 6. The van der Waals surface area contributed by atoms with Gasteiger partial charge < -0.3 is 4.90 Å². The van der Waals surface area contributed by atoms with Crippen molar-refractivity contribution in [2.75, 3.05) is 31.1 Å². The van der Waals surface area contributed by atoms with E-state index in [0.717, 1.165) is 36.1 Å². The first-order chi connectivity index (χ1) is 15.0. The van der Waals surface area contributed by atoms with Gasteiger partial charge in [-0.3, -0.25) is 9.58 Å². The van der Waals surface area contributed by atoms with Crippen LogP contribution in [0, 0.1) is 5.82 Å². The first kappa shape index (κ1) is 19.0. The molecule has 0 radical (unpaired) electrons. The van der Waals surface area contributed by atoms with Crippen LogP contribution >= 0.6 is 11.6 Å². The minimum atomic E-state index is -0.375. The summed E-state index contributed by atoms with van der Waals surface area (Å²) >= 11 is 6.66. The van der Waals surface area contributed by atoms with Crippen LogP contribution in [0.15, 0.2) is 36.7 Å². The largest absolute Gasteiger partial charge is 0.367 e. The molecule has 0 N–H and O–H groups in total. The van der Waals surface area contributed by atoms with E-state index in [4.69, 9.17) is 11.6 Å². The predicted octanol–water partition coefficient (Wildman–Crippen LogP) is 4.26. The Labute approximate surface area is 184 Å². The van der Waals surface area contributed by atoms with E-state index in [2.05, 4.69) is 30.9 Å². The lowest BCUT2D eigenvalue weighted by Crippen LogP contribution is -2.50. The minimum absolute atomic E-state index is 0.350. The van der Waals surface area contributed by atoms with Crippen LogP contribution in [0.3, 0.4) is 0 Å². The van der Waals surface area contributed by atoms with Crippen molar-refractivity contribution in [2.24, 2.45) is 7.05 Å². The summed E-state index contributed by atoms with van der Waals surface area (Å²) in [6, 6.07) is 7.84. The molecule has 2 aliphatic heterocycles. The lowest BCUT2D eigenvalue weighted by Gasteiger charge is -2.38. The number of piperazine rings is 1. The molecule has 2 aliphatic rings. The van der Waals surface area contributed by atoms with Gasteiger partial charge in [-0.2, -0.15) is 5.10 Å². The number of pyridine rings is 2. The van der Waals surface area contributed by atoms with Crippen molar-refractivity contribution < 1.29 is 4.39 Å². The third-order valence-corrected chi connectivity index (χ3v) is 6.84. The molecular weight excluding hydrogens is 415 g/mol. The van der Waals surface area contributed by atoms with E-state index >= 15 is 0 Å². The van der Waals surface area contributed by atoms with Gasteiger partial charge in [0.25, 0.3) is 0 Å². The smallest absolute Gasteiger partial charge is 0.161 e. The zero-order valence-corrected chi connectivity index (χ0v) is 18.0. The van der Waals surface area contributed by atoms with Crippen molar-refractivity contribution in [3.63, 3.8) is 0 Å². The molecule has 5 heterocycles. The van der Waals surface area contributed by atoms with Crippen LogP contribution < -0.4 is 4.90 Å². The molecule has 8 heteroatoms. The van der Waals surface area contributed by atoms with Gasteiger partial charge in [-0.05, 0) is 43.7 Å². The molecule has 2 fully saturated rings. The second-order valence-electron chi connectivity index (χ2n) is 8.53. The Kier molecular flexibility index (Phi) is 4.36. The summed E-state index contributed by atoms with van der Waals surface area (Å²) in [4.78, 5) is 14.3. The molecule has 2 saturated heterocycles. The van der Waals surface area contributed by atoms with Crippen molar-refractivity contribution >= 4 is 39.2 Å². The molecule has 31 heavy (non-hydrogen) atoms. The Balaban J connectivity index is 1.37. The molecule has 1 atom stereocenters. The van der Waals surface area contributed by atoms with Crippen molar-refractivity contribution in [1.29, 1.82) is 0 Å². The highest BCUT2D eigenvalue weighted by atomic mass is 35.5. The van der Waals surface area contributed by atoms with Crippen LogP contribution in [-0.2, 0) is 7.05 Å². The molecule has 0 saturated carbocycles. The molecular formula is C23H22ClFN6. The van der Waals surface area contributed by atoms with Gasteiger partial charge in [0.2, 0.25) is 0 Å². The number of anilines is 1. The van der Waals surface area contributed by atoms with Gasteiger partial charge in [-0.1, -0.05) is 11.6 Å². The van der Waals surface area contributed by atoms with Crippen molar-refractivity contribution in [2.45, 2.75) is 18.9 Å². The summed E-state index contributed by atoms with van der Waals surface area (Å²) in [6.07, 6.45) is 6.23. The SMILES string of the molecule is Cn1cc2cc(-c3cc(Cl)c4cc(N5CCN6CCCC6C5)cnc4n3)cc(F)c2n1. The van der Waals surface area contributed by atoms with E-state index in [1.165, 1.54) is 25.5 Å². The number of aryl methyl sites for hydroxylation is 1. The van der Waals surface area contributed by atoms with Gasteiger partial charge in [0, 0.05) is 55.3 Å². The summed E-state index contributed by atoms with van der Waals surface area (Å²) in [6.45, 7) is 4.34. The number of rotatable bonds is 2. The topological polar surface area (TPSA) is 50.1 Å². The predicted molar refractivity (Wildman–Crippen MR) is 121 cm³/mol. The Hall–Kier alpha value is -2.77. The Bertz CT molecular complexity index is 1320. The third kappa shape index (κ3) is 3.23. The highest BCUT2D eigenvalue weighted by Gasteiger charge is 2.30. The maximum absolute atomic E-state index is 14.6. The average Bonchev–Trinajstić information content (AvgIpc) is 3.38. The number of hydrogen-bond acceptors (Lipinski definition) is 5. The molecule has 0 amide bonds. The van der Waals surface area contributed by atoms with Crippen LogP contribution in [0.4, 0.5) is 10.1 Å². The summed E-state index contributed by atoms with van der Waals surface area (Å²) in [5, 5.41) is 6.28. The lowest BCUT2D eigenvalue weighted by molar-refractivity contribution is 0.231. The molecule has 1 unspecified atom stereocenters. The maximum Gasteiger partial charge on any atom is 0.161 e.